The lowest BCUT2D eigenvalue weighted by atomic mass is 10.1. The van der Waals surface area contributed by atoms with E-state index in [9.17, 15) is 9.18 Å². The zero-order valence-electron chi connectivity index (χ0n) is 16.0. The fraction of sp³-hybridized carbons (Fsp3) is 0.143. The summed E-state index contributed by atoms with van der Waals surface area (Å²) in [5, 5.41) is 6.32. The third-order valence-corrected chi connectivity index (χ3v) is 4.41. The molecule has 0 radical (unpaired) electrons. The number of hydrogen-bond acceptors (Lipinski definition) is 5. The van der Waals surface area contributed by atoms with Crippen LogP contribution in [0.25, 0.3) is 0 Å². The Morgan fingerprint density at radius 3 is 2.41 bits per heavy atom. The van der Waals surface area contributed by atoms with Gasteiger partial charge in [0.1, 0.15) is 11.6 Å². The van der Waals surface area contributed by atoms with Crippen LogP contribution in [0, 0.1) is 12.7 Å². The molecule has 3 rings (SSSR count). The molecule has 0 unspecified atom stereocenters. The quantitative estimate of drug-likeness (QED) is 0.579. The van der Waals surface area contributed by atoms with Crippen molar-refractivity contribution in [1.29, 1.82) is 0 Å². The molecule has 2 N–H and O–H groups in total. The highest BCUT2D eigenvalue weighted by Crippen LogP contribution is 2.31. The van der Waals surface area contributed by atoms with E-state index in [-0.39, 0.29) is 5.91 Å². The minimum atomic E-state index is -0.427. The van der Waals surface area contributed by atoms with Gasteiger partial charge in [-0.1, -0.05) is 11.6 Å². The lowest BCUT2D eigenvalue weighted by Gasteiger charge is -2.15. The molecule has 0 bridgehead atoms. The lowest BCUT2D eigenvalue weighted by molar-refractivity contribution is 0.102. The summed E-state index contributed by atoms with van der Waals surface area (Å²) in [6, 6.07) is 12.3. The Bertz CT molecular complexity index is 1060. The Hall–Kier alpha value is -3.32. The number of aromatic nitrogens is 1. The van der Waals surface area contributed by atoms with Crippen molar-refractivity contribution in [3.63, 3.8) is 0 Å². The molecular formula is C21H19ClFN3O3. The Morgan fingerprint density at radius 2 is 1.72 bits per heavy atom. The van der Waals surface area contributed by atoms with Gasteiger partial charge >= 0.3 is 0 Å². The zero-order chi connectivity index (χ0) is 21.0. The van der Waals surface area contributed by atoms with Crippen molar-refractivity contribution in [3.8, 4) is 11.6 Å². The molecule has 0 atom stereocenters. The van der Waals surface area contributed by atoms with Crippen LogP contribution in [-0.2, 0) is 0 Å². The number of methoxy groups -OCH3 is 2. The Kier molecular flexibility index (Phi) is 6.19. The van der Waals surface area contributed by atoms with Crippen molar-refractivity contribution in [1.82, 2.24) is 4.98 Å². The fourth-order valence-corrected chi connectivity index (χ4v) is 2.87. The average molecular weight is 416 g/mol. The number of pyridine rings is 1. The third kappa shape index (κ3) is 4.75. The smallest absolute Gasteiger partial charge is 0.257 e. The molecule has 0 fully saturated rings. The van der Waals surface area contributed by atoms with Crippen molar-refractivity contribution in [2.45, 2.75) is 6.92 Å². The number of rotatable bonds is 6. The van der Waals surface area contributed by atoms with Gasteiger partial charge in [0.15, 0.2) is 0 Å². The zero-order valence-corrected chi connectivity index (χ0v) is 16.8. The lowest BCUT2D eigenvalue weighted by Crippen LogP contribution is -2.15. The van der Waals surface area contributed by atoms with Crippen molar-refractivity contribution < 1.29 is 18.7 Å². The summed E-state index contributed by atoms with van der Waals surface area (Å²) in [5.74, 6) is -0.0504. The van der Waals surface area contributed by atoms with Crippen LogP contribution in [0.3, 0.4) is 0 Å². The van der Waals surface area contributed by atoms with E-state index in [1.807, 2.05) is 0 Å². The standard InChI is InChI=1S/C21H19ClFN3O3/c1-12-16(8-9-20(24-12)29-3)26-21(27)15-10-13(22)4-6-17(15)25-18-7-5-14(23)11-19(18)28-2/h4-11,25H,1-3H3,(H,26,27). The van der Waals surface area contributed by atoms with E-state index in [2.05, 4.69) is 15.6 Å². The molecule has 6 nitrogen and oxygen atoms in total. The second-order valence-electron chi connectivity index (χ2n) is 6.10. The van der Waals surface area contributed by atoms with Crippen molar-refractivity contribution in [2.24, 2.45) is 0 Å². The third-order valence-electron chi connectivity index (χ3n) is 4.18. The predicted molar refractivity (Wildman–Crippen MR) is 111 cm³/mol. The number of nitrogens with zero attached hydrogens (tertiary/aromatic N) is 1. The van der Waals surface area contributed by atoms with Gasteiger partial charge in [-0.15, -0.1) is 0 Å². The van der Waals surface area contributed by atoms with Crippen LogP contribution in [0.1, 0.15) is 16.1 Å². The number of carbonyl (C=O) groups excluding carboxylic acids is 1. The maximum atomic E-state index is 13.5. The van der Waals surface area contributed by atoms with Crippen LogP contribution in [0.15, 0.2) is 48.5 Å². The monoisotopic (exact) mass is 415 g/mol. The van der Waals surface area contributed by atoms with Crippen molar-refractivity contribution >= 4 is 34.6 Å². The largest absolute Gasteiger partial charge is 0.494 e. The second-order valence-corrected chi connectivity index (χ2v) is 6.54. The summed E-state index contributed by atoms with van der Waals surface area (Å²) in [6.07, 6.45) is 0. The van der Waals surface area contributed by atoms with E-state index in [0.717, 1.165) is 0 Å². The van der Waals surface area contributed by atoms with E-state index in [1.54, 1.807) is 37.3 Å². The molecule has 29 heavy (non-hydrogen) atoms. The number of amides is 1. The molecule has 0 spiro atoms. The van der Waals surface area contributed by atoms with Gasteiger partial charge in [0, 0.05) is 17.2 Å². The number of carbonyl (C=O) groups is 1. The second kappa shape index (κ2) is 8.79. The molecule has 0 saturated carbocycles. The van der Waals surface area contributed by atoms with E-state index in [0.29, 0.717) is 45.0 Å². The van der Waals surface area contributed by atoms with Gasteiger partial charge in [-0.2, -0.15) is 0 Å². The van der Waals surface area contributed by atoms with Gasteiger partial charge in [0.05, 0.1) is 42.5 Å². The van der Waals surface area contributed by atoms with Gasteiger partial charge in [0.2, 0.25) is 5.88 Å². The van der Waals surface area contributed by atoms with Crippen molar-refractivity contribution in [3.05, 3.63) is 70.6 Å². The van der Waals surface area contributed by atoms with E-state index < -0.39 is 5.82 Å². The number of anilines is 3. The SMILES string of the molecule is COc1ccc(NC(=O)c2cc(Cl)ccc2Nc2ccc(F)cc2OC)c(C)n1. The van der Waals surface area contributed by atoms with Crippen LogP contribution in [0.4, 0.5) is 21.5 Å². The molecule has 150 valence electrons. The molecule has 1 amide bonds. The van der Waals surface area contributed by atoms with E-state index in [4.69, 9.17) is 21.1 Å². The average Bonchev–Trinajstić information content (AvgIpc) is 2.71. The topological polar surface area (TPSA) is 72.5 Å². The van der Waals surface area contributed by atoms with Gasteiger partial charge in [-0.25, -0.2) is 9.37 Å². The maximum absolute atomic E-state index is 13.5. The first-order chi connectivity index (χ1) is 13.9. The summed E-state index contributed by atoms with van der Waals surface area (Å²) < 4.78 is 23.8. The van der Waals surface area contributed by atoms with Gasteiger partial charge in [-0.05, 0) is 43.3 Å². The molecule has 0 saturated heterocycles. The van der Waals surface area contributed by atoms with Crippen molar-refractivity contribution in [2.75, 3.05) is 24.9 Å². The number of nitrogens with one attached hydrogen (secondary N) is 2. The van der Waals surface area contributed by atoms with Crippen LogP contribution in [0.2, 0.25) is 5.02 Å². The molecule has 2 aromatic carbocycles. The highest BCUT2D eigenvalue weighted by molar-refractivity contribution is 6.31. The highest BCUT2D eigenvalue weighted by atomic mass is 35.5. The summed E-state index contributed by atoms with van der Waals surface area (Å²) in [4.78, 5) is 17.2. The maximum Gasteiger partial charge on any atom is 0.257 e. The van der Waals surface area contributed by atoms with Crippen LogP contribution < -0.4 is 20.1 Å². The van der Waals surface area contributed by atoms with Gasteiger partial charge < -0.3 is 20.1 Å². The summed E-state index contributed by atoms with van der Waals surface area (Å²) >= 11 is 6.11. The first-order valence-electron chi connectivity index (χ1n) is 8.64. The number of ether oxygens (including phenoxy) is 2. The summed E-state index contributed by atoms with van der Waals surface area (Å²) in [7, 11) is 2.96. The van der Waals surface area contributed by atoms with Crippen LogP contribution in [0.5, 0.6) is 11.6 Å². The first-order valence-corrected chi connectivity index (χ1v) is 9.02. The number of halogens is 2. The molecule has 0 aliphatic rings. The molecule has 1 aromatic heterocycles. The van der Waals surface area contributed by atoms with Crippen LogP contribution >= 0.6 is 11.6 Å². The number of benzene rings is 2. The summed E-state index contributed by atoms with van der Waals surface area (Å²) in [6.45, 7) is 1.76. The van der Waals surface area contributed by atoms with E-state index in [1.165, 1.54) is 32.4 Å². The molecule has 0 aliphatic heterocycles. The van der Waals surface area contributed by atoms with Gasteiger partial charge in [0.25, 0.3) is 5.91 Å². The Morgan fingerprint density at radius 1 is 1.00 bits per heavy atom. The first kappa shape index (κ1) is 20.4. The number of hydrogen-bond donors (Lipinski definition) is 2. The number of aryl methyl sites for hydroxylation is 1. The molecular weight excluding hydrogens is 397 g/mol. The van der Waals surface area contributed by atoms with Gasteiger partial charge in [-0.3, -0.25) is 4.79 Å². The molecule has 0 aliphatic carbocycles. The predicted octanol–water partition coefficient (Wildman–Crippen LogP) is 5.20. The van der Waals surface area contributed by atoms with E-state index >= 15 is 0 Å². The normalized spacial score (nSPS) is 10.4. The fourth-order valence-electron chi connectivity index (χ4n) is 2.70. The van der Waals surface area contributed by atoms with Crippen LogP contribution in [-0.4, -0.2) is 25.1 Å². The Balaban J connectivity index is 1.92. The molecule has 8 heteroatoms. The minimum absolute atomic E-state index is 0.305. The molecule has 3 aromatic rings. The molecule has 1 heterocycles. The Labute approximate surface area is 172 Å². The summed E-state index contributed by atoms with van der Waals surface area (Å²) in [5.41, 5.74) is 2.44. The minimum Gasteiger partial charge on any atom is -0.494 e. The highest BCUT2D eigenvalue weighted by Gasteiger charge is 2.16.